The van der Waals surface area contributed by atoms with E-state index in [1.54, 1.807) is 17.3 Å². The molecule has 0 spiro atoms. The maximum atomic E-state index is 10.3. The van der Waals surface area contributed by atoms with E-state index in [-0.39, 0.29) is 5.92 Å². The Morgan fingerprint density at radius 1 is 1.26 bits per heavy atom. The van der Waals surface area contributed by atoms with Gasteiger partial charge in [0.05, 0.1) is 16.7 Å². The number of H-pyrrole nitrogens is 1. The number of amides is 1. The number of para-hydroxylation sites is 2. The SMILES string of the molecule is Cc1nc2ccccc2[nH]1.O=CN1CC(c2nccnc2Cl)C1. The molecule has 0 radical (unpaired) electrons. The summed E-state index contributed by atoms with van der Waals surface area (Å²) in [6, 6.07) is 8.01. The highest BCUT2D eigenvalue weighted by Gasteiger charge is 2.29. The Bertz CT molecular complexity index is 780. The van der Waals surface area contributed by atoms with Gasteiger partial charge in [0.2, 0.25) is 6.41 Å². The first kappa shape index (κ1) is 15.4. The van der Waals surface area contributed by atoms with E-state index in [1.807, 2.05) is 31.2 Å². The Morgan fingerprint density at radius 2 is 2.00 bits per heavy atom. The molecule has 3 heterocycles. The zero-order chi connectivity index (χ0) is 16.2. The molecule has 23 heavy (non-hydrogen) atoms. The van der Waals surface area contributed by atoms with Crippen LogP contribution in [0.15, 0.2) is 36.7 Å². The second-order valence-electron chi connectivity index (χ2n) is 5.33. The van der Waals surface area contributed by atoms with Crippen molar-refractivity contribution in [2.45, 2.75) is 12.8 Å². The van der Waals surface area contributed by atoms with Gasteiger partial charge in [-0.1, -0.05) is 23.7 Å². The average Bonchev–Trinajstić information content (AvgIpc) is 2.89. The van der Waals surface area contributed by atoms with Crippen molar-refractivity contribution < 1.29 is 4.79 Å². The Labute approximate surface area is 138 Å². The highest BCUT2D eigenvalue weighted by atomic mass is 35.5. The second kappa shape index (κ2) is 6.75. The van der Waals surface area contributed by atoms with Crippen molar-refractivity contribution in [1.29, 1.82) is 0 Å². The third-order valence-electron chi connectivity index (χ3n) is 3.63. The number of imidazole rings is 1. The smallest absolute Gasteiger partial charge is 0.209 e. The van der Waals surface area contributed by atoms with E-state index in [1.165, 1.54) is 0 Å². The van der Waals surface area contributed by atoms with Gasteiger partial charge in [-0.25, -0.2) is 9.97 Å². The molecular weight excluding hydrogens is 314 g/mol. The molecule has 4 rings (SSSR count). The summed E-state index contributed by atoms with van der Waals surface area (Å²) < 4.78 is 0. The highest BCUT2D eigenvalue weighted by molar-refractivity contribution is 6.30. The number of nitrogens with zero attached hydrogens (tertiary/aromatic N) is 4. The van der Waals surface area contributed by atoms with Gasteiger partial charge in [0.25, 0.3) is 0 Å². The first-order chi connectivity index (χ1) is 11.2. The van der Waals surface area contributed by atoms with Crippen LogP contribution in [0.3, 0.4) is 0 Å². The lowest BCUT2D eigenvalue weighted by Crippen LogP contribution is -2.44. The lowest BCUT2D eigenvalue weighted by atomic mass is 9.98. The molecule has 1 N–H and O–H groups in total. The van der Waals surface area contributed by atoms with Crippen LogP contribution in [0.1, 0.15) is 17.4 Å². The standard InChI is InChI=1S/C8H8ClN3O.C8H8N2/c9-8-7(10-1-2-11-8)6-3-12(4-6)5-13;1-6-9-7-4-2-3-5-8(7)10-6/h1-2,5-6H,3-4H2;2-5H,1H3,(H,9,10). The van der Waals surface area contributed by atoms with Crippen molar-refractivity contribution >= 4 is 29.0 Å². The fourth-order valence-corrected chi connectivity index (χ4v) is 2.72. The Morgan fingerprint density at radius 3 is 2.70 bits per heavy atom. The summed E-state index contributed by atoms with van der Waals surface area (Å²) in [5, 5.41) is 0.443. The van der Waals surface area contributed by atoms with Crippen molar-refractivity contribution in [3.8, 4) is 0 Å². The lowest BCUT2D eigenvalue weighted by molar-refractivity contribution is -0.122. The average molecular weight is 330 g/mol. The van der Waals surface area contributed by atoms with Gasteiger partial charge in [0, 0.05) is 31.4 Å². The minimum atomic E-state index is 0.256. The van der Waals surface area contributed by atoms with E-state index in [0.29, 0.717) is 18.2 Å². The fraction of sp³-hybridized carbons (Fsp3) is 0.250. The number of aromatic nitrogens is 4. The molecule has 0 aliphatic carbocycles. The van der Waals surface area contributed by atoms with Crippen molar-refractivity contribution in [2.75, 3.05) is 13.1 Å². The molecule has 1 amide bonds. The highest BCUT2D eigenvalue weighted by Crippen LogP contribution is 2.27. The molecule has 6 nitrogen and oxygen atoms in total. The van der Waals surface area contributed by atoms with Gasteiger partial charge in [0.1, 0.15) is 5.82 Å². The zero-order valence-electron chi connectivity index (χ0n) is 12.6. The van der Waals surface area contributed by atoms with E-state index in [9.17, 15) is 4.79 Å². The van der Waals surface area contributed by atoms with Gasteiger partial charge in [-0.05, 0) is 19.1 Å². The predicted octanol–water partition coefficient (Wildman–Crippen LogP) is 2.56. The number of carbonyl (C=O) groups is 1. The van der Waals surface area contributed by atoms with E-state index in [0.717, 1.165) is 29.0 Å². The molecule has 1 aromatic carbocycles. The van der Waals surface area contributed by atoms with E-state index in [4.69, 9.17) is 11.6 Å². The number of carbonyl (C=O) groups excluding carboxylic acids is 1. The molecule has 1 saturated heterocycles. The normalized spacial score (nSPS) is 14.1. The topological polar surface area (TPSA) is 74.8 Å². The van der Waals surface area contributed by atoms with Crippen LogP contribution in [-0.2, 0) is 4.79 Å². The van der Waals surface area contributed by atoms with Gasteiger partial charge in [-0.2, -0.15) is 0 Å². The first-order valence-corrected chi connectivity index (χ1v) is 7.62. The number of aryl methyl sites for hydroxylation is 1. The minimum Gasteiger partial charge on any atom is -0.344 e. The van der Waals surface area contributed by atoms with E-state index >= 15 is 0 Å². The molecule has 7 heteroatoms. The molecule has 3 aromatic rings. The molecule has 1 aliphatic heterocycles. The Balaban J connectivity index is 0.000000140. The molecule has 118 valence electrons. The number of likely N-dealkylation sites (tertiary alicyclic amines) is 1. The number of rotatable bonds is 2. The van der Waals surface area contributed by atoms with Gasteiger partial charge < -0.3 is 9.88 Å². The summed E-state index contributed by atoms with van der Waals surface area (Å²) in [5.41, 5.74) is 2.95. The summed E-state index contributed by atoms with van der Waals surface area (Å²) >= 11 is 5.84. The number of nitrogens with one attached hydrogen (secondary N) is 1. The summed E-state index contributed by atoms with van der Waals surface area (Å²) in [6.07, 6.45) is 4.01. The quantitative estimate of drug-likeness (QED) is 0.733. The molecule has 2 aromatic heterocycles. The van der Waals surface area contributed by atoms with Gasteiger partial charge in [0.15, 0.2) is 5.15 Å². The van der Waals surface area contributed by atoms with Crippen molar-refractivity contribution in [3.05, 3.63) is 53.3 Å². The van der Waals surface area contributed by atoms with E-state index < -0.39 is 0 Å². The molecule has 0 unspecified atom stereocenters. The van der Waals surface area contributed by atoms with Crippen LogP contribution in [0.5, 0.6) is 0 Å². The first-order valence-electron chi connectivity index (χ1n) is 7.24. The lowest BCUT2D eigenvalue weighted by Gasteiger charge is -2.35. The van der Waals surface area contributed by atoms with Crippen molar-refractivity contribution in [2.24, 2.45) is 0 Å². The predicted molar refractivity (Wildman–Crippen MR) is 88.3 cm³/mol. The summed E-state index contributed by atoms with van der Waals surface area (Å²) in [4.78, 5) is 27.4. The largest absolute Gasteiger partial charge is 0.344 e. The second-order valence-corrected chi connectivity index (χ2v) is 5.69. The molecule has 1 fully saturated rings. The number of aromatic amines is 1. The number of hydrogen-bond acceptors (Lipinski definition) is 4. The zero-order valence-corrected chi connectivity index (χ0v) is 13.4. The van der Waals surface area contributed by atoms with Gasteiger partial charge in [-0.3, -0.25) is 9.78 Å². The third-order valence-corrected chi connectivity index (χ3v) is 3.92. The van der Waals surface area contributed by atoms with Gasteiger partial charge >= 0.3 is 0 Å². The number of hydrogen-bond donors (Lipinski definition) is 1. The van der Waals surface area contributed by atoms with Crippen LogP contribution >= 0.6 is 11.6 Å². The summed E-state index contributed by atoms with van der Waals surface area (Å²) in [6.45, 7) is 3.35. The number of fused-ring (bicyclic) bond motifs is 1. The summed E-state index contributed by atoms with van der Waals surface area (Å²) in [5.74, 6) is 1.23. The monoisotopic (exact) mass is 329 g/mol. The number of halogens is 1. The Kier molecular flexibility index (Phi) is 4.52. The van der Waals surface area contributed by atoms with Crippen LogP contribution in [0.4, 0.5) is 0 Å². The van der Waals surface area contributed by atoms with Crippen LogP contribution in [0, 0.1) is 6.92 Å². The minimum absolute atomic E-state index is 0.256. The molecule has 0 atom stereocenters. The summed E-state index contributed by atoms with van der Waals surface area (Å²) in [7, 11) is 0. The molecule has 1 aliphatic rings. The Hall–Kier alpha value is -2.47. The van der Waals surface area contributed by atoms with Crippen molar-refractivity contribution in [3.63, 3.8) is 0 Å². The fourth-order valence-electron chi connectivity index (χ4n) is 2.46. The maximum Gasteiger partial charge on any atom is 0.209 e. The maximum absolute atomic E-state index is 10.3. The van der Waals surface area contributed by atoms with Crippen LogP contribution in [0.25, 0.3) is 11.0 Å². The van der Waals surface area contributed by atoms with Gasteiger partial charge in [-0.15, -0.1) is 0 Å². The third kappa shape index (κ3) is 3.48. The van der Waals surface area contributed by atoms with Crippen molar-refractivity contribution in [1.82, 2.24) is 24.8 Å². The van der Waals surface area contributed by atoms with Crippen LogP contribution in [-0.4, -0.2) is 44.3 Å². The molecule has 0 bridgehead atoms. The number of benzene rings is 1. The van der Waals surface area contributed by atoms with Crippen LogP contribution in [0.2, 0.25) is 5.15 Å². The van der Waals surface area contributed by atoms with Crippen LogP contribution < -0.4 is 0 Å². The van der Waals surface area contributed by atoms with E-state index in [2.05, 4.69) is 19.9 Å². The molecule has 0 saturated carbocycles. The molecular formula is C16H16ClN5O.